The van der Waals surface area contributed by atoms with E-state index in [1.807, 2.05) is 0 Å². The number of nitrogens with one attached hydrogen (secondary N) is 2. The quantitative estimate of drug-likeness (QED) is 0.725. The smallest absolute Gasteiger partial charge is 0.339 e. The van der Waals surface area contributed by atoms with Crippen LogP contribution in [0.1, 0.15) is 23.5 Å². The Kier molecular flexibility index (Phi) is 6.66. The molecule has 10 heteroatoms. The summed E-state index contributed by atoms with van der Waals surface area (Å²) in [5.74, 6) is -4.61. The van der Waals surface area contributed by atoms with Crippen LogP contribution in [0.3, 0.4) is 0 Å². The molecule has 0 spiro atoms. The maximum Gasteiger partial charge on any atom is 0.341 e. The summed E-state index contributed by atoms with van der Waals surface area (Å²) in [6, 6.07) is 6.94. The number of rotatable bonds is 7. The molecule has 0 radical (unpaired) electrons. The molecular formula is C17H18F2N2O4S2. The van der Waals surface area contributed by atoms with Crippen molar-refractivity contribution in [2.24, 2.45) is 5.92 Å². The number of hydrogen-bond acceptors (Lipinski definition) is 5. The minimum absolute atomic E-state index is 0.215. The van der Waals surface area contributed by atoms with Crippen molar-refractivity contribution in [2.45, 2.75) is 30.5 Å². The lowest BCUT2D eigenvalue weighted by Crippen LogP contribution is -2.46. The van der Waals surface area contributed by atoms with Crippen molar-refractivity contribution in [3.63, 3.8) is 0 Å². The number of benzene rings is 1. The number of carbonyl (C=O) groups is 2. The standard InChI is InChI=1S/C17H18F2N2O4S2/c1-10(2)14(21-15(22)13-4-3-9-26-13)16(23)20-11-5-7-12(8-6-11)27(24,25)17(18)19/h3-10,14,17H,1-2H3,(H,20,23)(H,21,22). The Bertz CT molecular complexity index is 896. The molecule has 0 fully saturated rings. The van der Waals surface area contributed by atoms with Crippen LogP contribution in [0, 0.1) is 5.92 Å². The van der Waals surface area contributed by atoms with Gasteiger partial charge in [-0.25, -0.2) is 8.42 Å². The SMILES string of the molecule is CC(C)C(NC(=O)c1cccs1)C(=O)Nc1ccc(S(=O)(=O)C(F)F)cc1. The zero-order valence-electron chi connectivity index (χ0n) is 14.5. The van der Waals surface area contributed by atoms with Crippen LogP contribution in [0.2, 0.25) is 0 Å². The minimum Gasteiger partial charge on any atom is -0.339 e. The first-order valence-electron chi connectivity index (χ1n) is 7.90. The molecule has 0 bridgehead atoms. The van der Waals surface area contributed by atoms with Crippen molar-refractivity contribution >= 4 is 38.7 Å². The largest absolute Gasteiger partial charge is 0.341 e. The number of thiophene rings is 1. The topological polar surface area (TPSA) is 92.3 Å². The van der Waals surface area contributed by atoms with Gasteiger partial charge in [-0.1, -0.05) is 19.9 Å². The van der Waals surface area contributed by atoms with E-state index in [9.17, 15) is 26.8 Å². The van der Waals surface area contributed by atoms with E-state index in [0.29, 0.717) is 4.88 Å². The van der Waals surface area contributed by atoms with E-state index in [0.717, 1.165) is 12.1 Å². The van der Waals surface area contributed by atoms with Gasteiger partial charge in [0.05, 0.1) is 9.77 Å². The maximum atomic E-state index is 12.5. The third-order valence-electron chi connectivity index (χ3n) is 3.67. The Morgan fingerprint density at radius 2 is 1.70 bits per heavy atom. The van der Waals surface area contributed by atoms with Crippen molar-refractivity contribution in [2.75, 3.05) is 5.32 Å². The predicted octanol–water partition coefficient (Wildman–Crippen LogP) is 3.14. The number of alkyl halides is 2. The molecule has 27 heavy (non-hydrogen) atoms. The normalized spacial score (nSPS) is 12.8. The molecule has 2 amide bonds. The van der Waals surface area contributed by atoms with Crippen LogP contribution in [-0.4, -0.2) is 32.0 Å². The molecule has 1 aromatic carbocycles. The Balaban J connectivity index is 2.10. The van der Waals surface area contributed by atoms with Crippen molar-refractivity contribution in [3.8, 4) is 0 Å². The number of anilines is 1. The second-order valence-electron chi connectivity index (χ2n) is 5.99. The van der Waals surface area contributed by atoms with Crippen LogP contribution < -0.4 is 10.6 Å². The van der Waals surface area contributed by atoms with Gasteiger partial charge in [-0.05, 0) is 41.6 Å². The van der Waals surface area contributed by atoms with Gasteiger partial charge in [0.1, 0.15) is 6.04 Å². The highest BCUT2D eigenvalue weighted by Gasteiger charge is 2.27. The molecule has 2 aromatic rings. The van der Waals surface area contributed by atoms with Crippen LogP contribution in [0.4, 0.5) is 14.5 Å². The second-order valence-corrected chi connectivity index (χ2v) is 8.86. The number of hydrogen-bond donors (Lipinski definition) is 2. The molecule has 2 N–H and O–H groups in total. The average molecular weight is 416 g/mol. The third-order valence-corrected chi connectivity index (χ3v) is 5.93. The Hall–Kier alpha value is -2.33. The van der Waals surface area contributed by atoms with Crippen LogP contribution in [0.25, 0.3) is 0 Å². The van der Waals surface area contributed by atoms with Gasteiger partial charge in [-0.15, -0.1) is 11.3 Å². The van der Waals surface area contributed by atoms with E-state index >= 15 is 0 Å². The number of sulfone groups is 1. The molecule has 0 saturated carbocycles. The highest BCUT2D eigenvalue weighted by molar-refractivity contribution is 7.91. The number of amides is 2. The van der Waals surface area contributed by atoms with Crippen LogP contribution in [-0.2, 0) is 14.6 Å². The zero-order valence-corrected chi connectivity index (χ0v) is 16.1. The molecule has 1 aromatic heterocycles. The van der Waals surface area contributed by atoms with E-state index in [1.165, 1.54) is 23.5 Å². The summed E-state index contributed by atoms with van der Waals surface area (Å²) in [7, 11) is -4.69. The fraction of sp³-hybridized carbons (Fsp3) is 0.294. The first kappa shape index (κ1) is 21.0. The molecule has 146 valence electrons. The van der Waals surface area contributed by atoms with Gasteiger partial charge in [0, 0.05) is 5.69 Å². The summed E-state index contributed by atoms with van der Waals surface area (Å²) in [5, 5.41) is 6.95. The summed E-state index contributed by atoms with van der Waals surface area (Å²) in [6.45, 7) is 3.52. The summed E-state index contributed by atoms with van der Waals surface area (Å²) in [6.07, 6.45) is 0. The lowest BCUT2D eigenvalue weighted by Gasteiger charge is -2.21. The second kappa shape index (κ2) is 8.57. The lowest BCUT2D eigenvalue weighted by molar-refractivity contribution is -0.118. The molecule has 1 heterocycles. The fourth-order valence-electron chi connectivity index (χ4n) is 2.21. The van der Waals surface area contributed by atoms with Crippen molar-refractivity contribution in [3.05, 3.63) is 46.7 Å². The Labute approximate surface area is 159 Å². The fourth-order valence-corrected chi connectivity index (χ4v) is 3.55. The van der Waals surface area contributed by atoms with Crippen LogP contribution in [0.5, 0.6) is 0 Å². The molecular weight excluding hydrogens is 398 g/mol. The molecule has 0 aliphatic carbocycles. The monoisotopic (exact) mass is 416 g/mol. The van der Waals surface area contributed by atoms with Gasteiger partial charge >= 0.3 is 5.76 Å². The van der Waals surface area contributed by atoms with Crippen molar-refractivity contribution < 1.29 is 26.8 Å². The highest BCUT2D eigenvalue weighted by atomic mass is 32.2. The van der Waals surface area contributed by atoms with Crippen molar-refractivity contribution in [1.82, 2.24) is 5.32 Å². The minimum atomic E-state index is -4.69. The van der Waals surface area contributed by atoms with E-state index in [2.05, 4.69) is 10.6 Å². The Morgan fingerprint density at radius 3 is 2.19 bits per heavy atom. The third kappa shape index (κ3) is 5.10. The summed E-state index contributed by atoms with van der Waals surface area (Å²) < 4.78 is 47.9. The van der Waals surface area contributed by atoms with E-state index in [4.69, 9.17) is 0 Å². The van der Waals surface area contributed by atoms with Crippen LogP contribution >= 0.6 is 11.3 Å². The zero-order chi connectivity index (χ0) is 20.2. The molecule has 1 unspecified atom stereocenters. The molecule has 6 nitrogen and oxygen atoms in total. The van der Waals surface area contributed by atoms with Gasteiger partial charge < -0.3 is 10.6 Å². The van der Waals surface area contributed by atoms with Gasteiger partial charge in [0.2, 0.25) is 15.7 Å². The van der Waals surface area contributed by atoms with E-state index in [1.54, 1.807) is 31.4 Å². The van der Waals surface area contributed by atoms with E-state index < -0.39 is 32.4 Å². The molecule has 0 aliphatic rings. The molecule has 2 rings (SSSR count). The summed E-state index contributed by atoms with van der Waals surface area (Å²) in [5.41, 5.74) is 0.226. The van der Waals surface area contributed by atoms with E-state index in [-0.39, 0.29) is 17.5 Å². The number of halogens is 2. The first-order chi connectivity index (χ1) is 12.6. The number of carbonyl (C=O) groups excluding carboxylic acids is 2. The van der Waals surface area contributed by atoms with Crippen LogP contribution in [0.15, 0.2) is 46.7 Å². The molecule has 1 atom stereocenters. The van der Waals surface area contributed by atoms with Gasteiger partial charge in [-0.2, -0.15) is 8.78 Å². The highest BCUT2D eigenvalue weighted by Crippen LogP contribution is 2.20. The van der Waals surface area contributed by atoms with Crippen molar-refractivity contribution in [1.29, 1.82) is 0 Å². The lowest BCUT2D eigenvalue weighted by atomic mass is 10.0. The maximum absolute atomic E-state index is 12.5. The molecule has 0 saturated heterocycles. The Morgan fingerprint density at radius 1 is 1.07 bits per heavy atom. The van der Waals surface area contributed by atoms with Gasteiger partial charge in [0.15, 0.2) is 0 Å². The average Bonchev–Trinajstić information content (AvgIpc) is 3.14. The summed E-state index contributed by atoms with van der Waals surface area (Å²) in [4.78, 5) is 24.6. The van der Waals surface area contributed by atoms with Gasteiger partial charge in [-0.3, -0.25) is 9.59 Å². The van der Waals surface area contributed by atoms with Gasteiger partial charge in [0.25, 0.3) is 5.91 Å². The predicted molar refractivity (Wildman–Crippen MR) is 98.7 cm³/mol. The molecule has 0 aliphatic heterocycles. The first-order valence-corrected chi connectivity index (χ1v) is 10.3. The summed E-state index contributed by atoms with van der Waals surface area (Å²) >= 11 is 1.24.